The lowest BCUT2D eigenvalue weighted by atomic mass is 10.1. The number of aryl methyl sites for hydroxylation is 1. The van der Waals surface area contributed by atoms with E-state index in [0.29, 0.717) is 28.9 Å². The zero-order valence-electron chi connectivity index (χ0n) is 17.6. The Bertz CT molecular complexity index is 1350. The lowest BCUT2D eigenvalue weighted by Gasteiger charge is -2.12. The number of carboxylic acids is 1. The summed E-state index contributed by atoms with van der Waals surface area (Å²) in [5, 5.41) is 15.3. The first-order valence-electron chi connectivity index (χ1n) is 10.4. The Hall–Kier alpha value is -4.52. The number of pyridine rings is 1. The van der Waals surface area contributed by atoms with Gasteiger partial charge < -0.3 is 15.7 Å². The van der Waals surface area contributed by atoms with Gasteiger partial charge in [-0.05, 0) is 48.4 Å². The molecule has 1 heterocycles. The molecule has 7 heteroatoms. The van der Waals surface area contributed by atoms with E-state index in [4.69, 9.17) is 5.11 Å². The Labute approximate surface area is 190 Å². The Balaban J connectivity index is 1.51. The van der Waals surface area contributed by atoms with E-state index in [0.717, 1.165) is 16.5 Å². The molecule has 0 saturated heterocycles. The van der Waals surface area contributed by atoms with Crippen molar-refractivity contribution in [3.05, 3.63) is 102 Å². The molecule has 0 bridgehead atoms. The van der Waals surface area contributed by atoms with E-state index in [9.17, 15) is 14.4 Å². The molecule has 3 N–H and O–H groups in total. The van der Waals surface area contributed by atoms with Crippen molar-refractivity contribution in [1.29, 1.82) is 0 Å². The number of hydrogen-bond donors (Lipinski definition) is 3. The average molecular weight is 439 g/mol. The number of benzene rings is 3. The van der Waals surface area contributed by atoms with E-state index in [1.165, 1.54) is 6.20 Å². The number of carboxylic acid groups (broad SMARTS) is 1. The Morgan fingerprint density at radius 2 is 1.61 bits per heavy atom. The number of amides is 2. The molecule has 0 saturated carbocycles. The van der Waals surface area contributed by atoms with Crippen molar-refractivity contribution in [3.63, 3.8) is 0 Å². The number of para-hydroxylation sites is 2. The Morgan fingerprint density at radius 1 is 0.818 bits per heavy atom. The lowest BCUT2D eigenvalue weighted by Crippen LogP contribution is -2.18. The number of nitrogens with one attached hydrogen (secondary N) is 2. The molecule has 0 atom stereocenters. The molecular weight excluding hydrogens is 418 g/mol. The highest BCUT2D eigenvalue weighted by atomic mass is 16.4. The van der Waals surface area contributed by atoms with Crippen LogP contribution in [0.2, 0.25) is 0 Å². The molecule has 0 fully saturated rings. The first kappa shape index (κ1) is 21.7. The number of carbonyl (C=O) groups is 3. The number of fused-ring (bicyclic) bond motifs is 1. The fourth-order valence-corrected chi connectivity index (χ4v) is 3.43. The van der Waals surface area contributed by atoms with Gasteiger partial charge in [0.15, 0.2) is 0 Å². The van der Waals surface area contributed by atoms with Crippen LogP contribution < -0.4 is 10.6 Å². The van der Waals surface area contributed by atoms with Crippen molar-refractivity contribution in [1.82, 2.24) is 4.98 Å². The predicted octanol–water partition coefficient (Wildman–Crippen LogP) is 4.76. The first-order valence-corrected chi connectivity index (χ1v) is 10.4. The molecule has 0 aliphatic carbocycles. The third kappa shape index (κ3) is 5.40. The quantitative estimate of drug-likeness (QED) is 0.385. The van der Waals surface area contributed by atoms with Crippen LogP contribution in [0.5, 0.6) is 0 Å². The van der Waals surface area contributed by atoms with Crippen LogP contribution in [0.15, 0.2) is 85.1 Å². The summed E-state index contributed by atoms with van der Waals surface area (Å²) < 4.78 is 0. The van der Waals surface area contributed by atoms with Crippen LogP contribution in [0.1, 0.15) is 32.7 Å². The highest BCUT2D eigenvalue weighted by Gasteiger charge is 2.15. The summed E-state index contributed by atoms with van der Waals surface area (Å²) >= 11 is 0. The number of nitrogens with zero attached hydrogens (tertiary/aromatic N) is 1. The van der Waals surface area contributed by atoms with Gasteiger partial charge in [-0.25, -0.2) is 0 Å². The molecule has 0 radical (unpaired) electrons. The van der Waals surface area contributed by atoms with Crippen LogP contribution in [-0.4, -0.2) is 27.9 Å². The third-order valence-electron chi connectivity index (χ3n) is 5.08. The van der Waals surface area contributed by atoms with Crippen molar-refractivity contribution < 1.29 is 19.5 Å². The molecule has 0 spiro atoms. The number of hydrogen-bond acceptors (Lipinski definition) is 4. The number of aliphatic carboxylic acids is 1. The van der Waals surface area contributed by atoms with Gasteiger partial charge in [0.1, 0.15) is 0 Å². The largest absolute Gasteiger partial charge is 0.481 e. The number of carbonyl (C=O) groups excluding carboxylic acids is 2. The number of aromatic nitrogens is 1. The maximum atomic E-state index is 12.9. The van der Waals surface area contributed by atoms with Gasteiger partial charge in [-0.1, -0.05) is 42.5 Å². The minimum atomic E-state index is -0.879. The van der Waals surface area contributed by atoms with E-state index in [2.05, 4.69) is 15.6 Å². The molecule has 0 aliphatic heterocycles. The maximum absolute atomic E-state index is 12.9. The van der Waals surface area contributed by atoms with Crippen LogP contribution in [0.3, 0.4) is 0 Å². The topological polar surface area (TPSA) is 108 Å². The first-order chi connectivity index (χ1) is 16.0. The van der Waals surface area contributed by atoms with Crippen molar-refractivity contribution in [2.75, 3.05) is 10.6 Å². The van der Waals surface area contributed by atoms with Gasteiger partial charge >= 0.3 is 5.97 Å². The standard InChI is InChI=1S/C26H21N3O4/c30-24(31)13-12-17-6-5-8-20(14-17)28-26(33)21-9-2-4-11-23(21)29-25(32)19-15-18-7-1-3-10-22(18)27-16-19/h1-11,14-16H,12-13H2,(H,28,33)(H,29,32)(H,30,31). The van der Waals surface area contributed by atoms with E-state index in [1.807, 2.05) is 30.3 Å². The van der Waals surface area contributed by atoms with E-state index in [1.54, 1.807) is 48.5 Å². The molecule has 0 aliphatic rings. The van der Waals surface area contributed by atoms with E-state index >= 15 is 0 Å². The molecule has 4 rings (SSSR count). The molecular formula is C26H21N3O4. The van der Waals surface area contributed by atoms with Crippen molar-refractivity contribution in [2.24, 2.45) is 0 Å². The smallest absolute Gasteiger partial charge is 0.303 e. The second kappa shape index (κ2) is 9.74. The third-order valence-corrected chi connectivity index (χ3v) is 5.08. The van der Waals surface area contributed by atoms with E-state index < -0.39 is 11.9 Å². The molecule has 7 nitrogen and oxygen atoms in total. The maximum Gasteiger partial charge on any atom is 0.303 e. The Kier molecular flexibility index (Phi) is 6.40. The number of rotatable bonds is 7. The highest BCUT2D eigenvalue weighted by Crippen LogP contribution is 2.20. The molecule has 4 aromatic rings. The Morgan fingerprint density at radius 3 is 2.45 bits per heavy atom. The lowest BCUT2D eigenvalue weighted by molar-refractivity contribution is -0.136. The summed E-state index contributed by atoms with van der Waals surface area (Å²) in [6.07, 6.45) is 1.88. The van der Waals surface area contributed by atoms with Crippen LogP contribution in [0, 0.1) is 0 Å². The second-order valence-corrected chi connectivity index (χ2v) is 7.46. The molecule has 1 aromatic heterocycles. The van der Waals surface area contributed by atoms with Gasteiger partial charge in [0.05, 0.1) is 22.3 Å². The highest BCUT2D eigenvalue weighted by molar-refractivity contribution is 6.13. The van der Waals surface area contributed by atoms with Gasteiger partial charge in [0, 0.05) is 23.7 Å². The van der Waals surface area contributed by atoms with Crippen molar-refractivity contribution >= 4 is 40.1 Å². The van der Waals surface area contributed by atoms with Gasteiger partial charge in [-0.3, -0.25) is 19.4 Å². The molecule has 164 valence electrons. The fourth-order valence-electron chi connectivity index (χ4n) is 3.43. The zero-order valence-corrected chi connectivity index (χ0v) is 17.6. The van der Waals surface area contributed by atoms with Gasteiger partial charge in [0.2, 0.25) is 0 Å². The molecule has 33 heavy (non-hydrogen) atoms. The van der Waals surface area contributed by atoms with Crippen LogP contribution in [0.25, 0.3) is 10.9 Å². The summed E-state index contributed by atoms with van der Waals surface area (Å²) in [5.74, 6) is -1.64. The van der Waals surface area contributed by atoms with Crippen LogP contribution >= 0.6 is 0 Å². The number of anilines is 2. The normalized spacial score (nSPS) is 10.5. The summed E-state index contributed by atoms with van der Waals surface area (Å²) in [6.45, 7) is 0. The minimum Gasteiger partial charge on any atom is -0.481 e. The monoisotopic (exact) mass is 439 g/mol. The summed E-state index contributed by atoms with van der Waals surface area (Å²) in [6, 6.07) is 23.0. The molecule has 3 aromatic carbocycles. The predicted molar refractivity (Wildman–Crippen MR) is 126 cm³/mol. The van der Waals surface area contributed by atoms with Gasteiger partial charge in [-0.15, -0.1) is 0 Å². The van der Waals surface area contributed by atoms with Crippen LogP contribution in [-0.2, 0) is 11.2 Å². The summed E-state index contributed by atoms with van der Waals surface area (Å²) in [7, 11) is 0. The minimum absolute atomic E-state index is 0.00982. The zero-order chi connectivity index (χ0) is 23.2. The van der Waals surface area contributed by atoms with Gasteiger partial charge in [0.25, 0.3) is 11.8 Å². The second-order valence-electron chi connectivity index (χ2n) is 7.46. The van der Waals surface area contributed by atoms with Crippen molar-refractivity contribution in [2.45, 2.75) is 12.8 Å². The van der Waals surface area contributed by atoms with E-state index in [-0.39, 0.29) is 12.3 Å². The van der Waals surface area contributed by atoms with Crippen molar-refractivity contribution in [3.8, 4) is 0 Å². The fraction of sp³-hybridized carbons (Fsp3) is 0.0769. The van der Waals surface area contributed by atoms with Crippen LogP contribution in [0.4, 0.5) is 11.4 Å². The summed E-state index contributed by atoms with van der Waals surface area (Å²) in [5.41, 5.74) is 3.20. The molecule has 0 unspecified atom stereocenters. The summed E-state index contributed by atoms with van der Waals surface area (Å²) in [4.78, 5) is 40.9. The van der Waals surface area contributed by atoms with Gasteiger partial charge in [-0.2, -0.15) is 0 Å². The SMILES string of the molecule is O=C(O)CCc1cccc(NC(=O)c2ccccc2NC(=O)c2cnc3ccccc3c2)c1. The molecule has 2 amide bonds. The average Bonchev–Trinajstić information content (AvgIpc) is 2.83.